The van der Waals surface area contributed by atoms with Crippen LogP contribution in [0.4, 0.5) is 5.69 Å². The van der Waals surface area contributed by atoms with Crippen LogP contribution in [0.5, 0.6) is 0 Å². The van der Waals surface area contributed by atoms with Crippen molar-refractivity contribution in [1.82, 2.24) is 16.2 Å². The highest BCUT2D eigenvalue weighted by atomic mass is 32.2. The van der Waals surface area contributed by atoms with Gasteiger partial charge >= 0.3 is 0 Å². The molecule has 1 aromatic heterocycles. The number of thioether (sulfide) groups is 1. The van der Waals surface area contributed by atoms with Crippen molar-refractivity contribution in [2.45, 2.75) is 25.3 Å². The summed E-state index contributed by atoms with van der Waals surface area (Å²) in [6, 6.07) is 10.4. The molecule has 2 heterocycles. The van der Waals surface area contributed by atoms with Gasteiger partial charge in [0, 0.05) is 12.2 Å². The Labute approximate surface area is 179 Å². The Kier molecular flexibility index (Phi) is 7.78. The van der Waals surface area contributed by atoms with Crippen molar-refractivity contribution < 1.29 is 18.8 Å². The molecule has 3 rings (SSSR count). The molecule has 0 saturated heterocycles. The van der Waals surface area contributed by atoms with E-state index in [4.69, 9.17) is 4.42 Å². The van der Waals surface area contributed by atoms with E-state index in [9.17, 15) is 14.4 Å². The van der Waals surface area contributed by atoms with Gasteiger partial charge in [-0.3, -0.25) is 25.2 Å². The van der Waals surface area contributed by atoms with Crippen LogP contribution < -0.4 is 21.1 Å². The van der Waals surface area contributed by atoms with Crippen LogP contribution in [0.1, 0.15) is 29.0 Å². The molecule has 0 saturated carbocycles. The second-order valence-electron chi connectivity index (χ2n) is 6.98. The van der Waals surface area contributed by atoms with E-state index < -0.39 is 17.9 Å². The van der Waals surface area contributed by atoms with Crippen LogP contribution >= 0.6 is 11.8 Å². The lowest BCUT2D eigenvalue weighted by molar-refractivity contribution is -0.129. The minimum atomic E-state index is -0.786. The summed E-state index contributed by atoms with van der Waals surface area (Å²) in [7, 11) is 0. The quantitative estimate of drug-likeness (QED) is 0.551. The van der Waals surface area contributed by atoms with Crippen molar-refractivity contribution in [2.24, 2.45) is 0 Å². The summed E-state index contributed by atoms with van der Waals surface area (Å²) in [4.78, 5) is 39.2. The number of aryl methyl sites for hydroxylation is 1. The Morgan fingerprint density at radius 2 is 2.00 bits per heavy atom. The van der Waals surface area contributed by atoms with Crippen LogP contribution in [0.2, 0.25) is 0 Å². The molecule has 3 N–H and O–H groups in total. The molecular formula is C21H26N4O4S. The fourth-order valence-corrected chi connectivity index (χ4v) is 3.82. The standard InChI is InChI=1S/C21H26N4O4S/c1-30-13-10-16(22-21(28)18-9-5-12-29-18)20(27)24-23-19(26)14-25-11-4-7-15-6-2-3-8-17(15)25/h2-3,5-6,8-9,12,16H,4,7,10-11,13-14H2,1H3,(H,22,28)(H,23,26)(H,24,27). The van der Waals surface area contributed by atoms with Gasteiger partial charge in [-0.15, -0.1) is 0 Å². The molecule has 9 heteroatoms. The molecule has 0 aliphatic carbocycles. The first-order chi connectivity index (χ1) is 14.6. The number of carbonyl (C=O) groups is 3. The molecule has 1 unspecified atom stereocenters. The van der Waals surface area contributed by atoms with Crippen molar-refractivity contribution in [1.29, 1.82) is 0 Å². The van der Waals surface area contributed by atoms with E-state index >= 15 is 0 Å². The number of hydrogen-bond donors (Lipinski definition) is 3. The van der Waals surface area contributed by atoms with Crippen molar-refractivity contribution in [3.05, 3.63) is 54.0 Å². The molecular weight excluding hydrogens is 404 g/mol. The van der Waals surface area contributed by atoms with Gasteiger partial charge in [-0.25, -0.2) is 0 Å². The molecule has 2 aromatic rings. The Morgan fingerprint density at radius 3 is 2.77 bits per heavy atom. The molecule has 0 spiro atoms. The second kappa shape index (κ2) is 10.7. The highest BCUT2D eigenvalue weighted by molar-refractivity contribution is 7.98. The molecule has 3 amide bonds. The number of amides is 3. The lowest BCUT2D eigenvalue weighted by Crippen LogP contribution is -2.54. The number of para-hydroxylation sites is 1. The third-order valence-electron chi connectivity index (χ3n) is 4.84. The molecule has 1 aromatic carbocycles. The number of fused-ring (bicyclic) bond motifs is 1. The zero-order chi connectivity index (χ0) is 21.3. The Hall–Kier alpha value is -2.94. The maximum atomic E-state index is 12.6. The predicted octanol–water partition coefficient (Wildman–Crippen LogP) is 1.73. The van der Waals surface area contributed by atoms with Gasteiger partial charge < -0.3 is 14.6 Å². The fourth-order valence-electron chi connectivity index (χ4n) is 3.35. The van der Waals surface area contributed by atoms with Crippen LogP contribution in [0.3, 0.4) is 0 Å². The Balaban J connectivity index is 1.53. The van der Waals surface area contributed by atoms with E-state index in [0.717, 1.165) is 25.1 Å². The number of nitrogens with zero attached hydrogens (tertiary/aromatic N) is 1. The topological polar surface area (TPSA) is 104 Å². The minimum Gasteiger partial charge on any atom is -0.459 e. The zero-order valence-corrected chi connectivity index (χ0v) is 17.7. The Morgan fingerprint density at radius 1 is 1.17 bits per heavy atom. The van der Waals surface area contributed by atoms with Gasteiger partial charge in [-0.05, 0) is 55.0 Å². The highest BCUT2D eigenvalue weighted by Gasteiger charge is 2.23. The van der Waals surface area contributed by atoms with Crippen LogP contribution in [0.15, 0.2) is 47.1 Å². The van der Waals surface area contributed by atoms with Crippen LogP contribution in [0.25, 0.3) is 0 Å². The highest BCUT2D eigenvalue weighted by Crippen LogP contribution is 2.26. The summed E-state index contributed by atoms with van der Waals surface area (Å²) in [5, 5.41) is 2.65. The molecule has 1 aliphatic heterocycles. The van der Waals surface area contributed by atoms with E-state index in [1.54, 1.807) is 17.8 Å². The largest absolute Gasteiger partial charge is 0.459 e. The molecule has 0 fully saturated rings. The van der Waals surface area contributed by atoms with Crippen molar-refractivity contribution in [3.63, 3.8) is 0 Å². The SMILES string of the molecule is CSCCC(NC(=O)c1ccco1)C(=O)NNC(=O)CN1CCCc2ccccc21. The number of nitrogens with one attached hydrogen (secondary N) is 3. The van der Waals surface area contributed by atoms with Crippen LogP contribution in [-0.2, 0) is 16.0 Å². The van der Waals surface area contributed by atoms with E-state index in [-0.39, 0.29) is 18.2 Å². The lowest BCUT2D eigenvalue weighted by Gasteiger charge is -2.30. The van der Waals surface area contributed by atoms with Crippen molar-refractivity contribution in [2.75, 3.05) is 30.0 Å². The van der Waals surface area contributed by atoms with Gasteiger partial charge in [-0.2, -0.15) is 11.8 Å². The number of carbonyl (C=O) groups excluding carboxylic acids is 3. The number of benzene rings is 1. The monoisotopic (exact) mass is 430 g/mol. The summed E-state index contributed by atoms with van der Waals surface area (Å²) >= 11 is 1.56. The summed E-state index contributed by atoms with van der Waals surface area (Å²) in [5.74, 6) is -0.464. The zero-order valence-electron chi connectivity index (χ0n) is 16.8. The number of furan rings is 1. The van der Waals surface area contributed by atoms with E-state index in [2.05, 4.69) is 22.2 Å². The summed E-state index contributed by atoms with van der Waals surface area (Å²) in [6.07, 6.45) is 5.71. The maximum absolute atomic E-state index is 12.6. The molecule has 1 atom stereocenters. The van der Waals surface area contributed by atoms with Gasteiger partial charge in [0.25, 0.3) is 17.7 Å². The maximum Gasteiger partial charge on any atom is 0.287 e. The third-order valence-corrected chi connectivity index (χ3v) is 5.49. The molecule has 160 valence electrons. The average molecular weight is 431 g/mol. The third kappa shape index (κ3) is 5.79. The molecule has 30 heavy (non-hydrogen) atoms. The lowest BCUT2D eigenvalue weighted by atomic mass is 10.0. The summed E-state index contributed by atoms with van der Waals surface area (Å²) in [5.41, 5.74) is 7.17. The van der Waals surface area contributed by atoms with Gasteiger partial charge in [0.2, 0.25) is 0 Å². The van der Waals surface area contributed by atoms with Crippen molar-refractivity contribution >= 4 is 35.2 Å². The smallest absolute Gasteiger partial charge is 0.287 e. The molecule has 0 bridgehead atoms. The van der Waals surface area contributed by atoms with Gasteiger partial charge in [0.05, 0.1) is 12.8 Å². The summed E-state index contributed by atoms with van der Waals surface area (Å²) in [6.45, 7) is 0.930. The second-order valence-corrected chi connectivity index (χ2v) is 7.96. The molecule has 1 aliphatic rings. The van der Waals surface area contributed by atoms with Gasteiger partial charge in [0.15, 0.2) is 5.76 Å². The average Bonchev–Trinajstić information content (AvgIpc) is 3.30. The first-order valence-corrected chi connectivity index (χ1v) is 11.2. The van der Waals surface area contributed by atoms with Crippen molar-refractivity contribution in [3.8, 4) is 0 Å². The van der Waals surface area contributed by atoms with Gasteiger partial charge in [-0.1, -0.05) is 18.2 Å². The number of rotatable bonds is 8. The fraction of sp³-hybridized carbons (Fsp3) is 0.381. The van der Waals surface area contributed by atoms with E-state index in [0.29, 0.717) is 12.2 Å². The minimum absolute atomic E-state index is 0.129. The number of hydrogen-bond acceptors (Lipinski definition) is 6. The Bertz CT molecular complexity index is 872. The predicted molar refractivity (Wildman–Crippen MR) is 116 cm³/mol. The number of anilines is 1. The first kappa shape index (κ1) is 21.8. The normalized spacial score (nSPS) is 13.8. The van der Waals surface area contributed by atoms with E-state index in [1.165, 1.54) is 17.9 Å². The van der Waals surface area contributed by atoms with E-state index in [1.807, 2.05) is 29.4 Å². The van der Waals surface area contributed by atoms with Gasteiger partial charge in [0.1, 0.15) is 6.04 Å². The molecule has 8 nitrogen and oxygen atoms in total. The first-order valence-electron chi connectivity index (χ1n) is 9.83. The van der Waals surface area contributed by atoms with Crippen LogP contribution in [0, 0.1) is 0 Å². The summed E-state index contributed by atoms with van der Waals surface area (Å²) < 4.78 is 5.07. The van der Waals surface area contributed by atoms with Crippen LogP contribution in [-0.4, -0.2) is 48.9 Å². The molecule has 0 radical (unpaired) electrons. The number of hydrazine groups is 1.